The van der Waals surface area contributed by atoms with Gasteiger partial charge in [-0.3, -0.25) is 0 Å². The molecule has 0 spiro atoms. The minimum atomic E-state index is -1.63. The molecule has 0 aromatic heterocycles. The minimum Gasteiger partial charge on any atom is -0.550 e. The van der Waals surface area contributed by atoms with Crippen molar-refractivity contribution in [3.8, 4) is 0 Å². The first-order valence-electron chi connectivity index (χ1n) is 1.52. The molecule has 0 aromatic carbocycles. The standard InChI is InChI=1S/C3H4O4.ClH.2Na/c4-2(5)1-3(6)7;;;/h1H2,(H,4,5)(H,6,7);1H;;/q;;2*+1/p-2. The molecule has 0 atom stereocenters. The first-order valence-corrected chi connectivity index (χ1v) is 1.52. The van der Waals surface area contributed by atoms with Gasteiger partial charge in [0.1, 0.15) is 0 Å². The zero-order valence-corrected chi connectivity index (χ0v) is 10.6. The molecule has 0 saturated carbocycles. The first kappa shape index (κ1) is 22.5. The van der Waals surface area contributed by atoms with Crippen LogP contribution < -0.4 is 69.3 Å². The number of hydrogen-bond acceptors (Lipinski definition) is 4. The van der Waals surface area contributed by atoms with E-state index in [1.807, 2.05) is 0 Å². The van der Waals surface area contributed by atoms with E-state index >= 15 is 0 Å². The fourth-order valence-electron chi connectivity index (χ4n) is 0.118. The van der Waals surface area contributed by atoms with Gasteiger partial charge in [-0.2, -0.15) is 0 Å². The number of carbonyl (C=O) groups excluding carboxylic acids is 2. The summed E-state index contributed by atoms with van der Waals surface area (Å²) in [5.74, 6) is -3.25. The van der Waals surface area contributed by atoms with Gasteiger partial charge in [0.05, 0.1) is 0 Å². The molecular weight excluding hydrogens is 181 g/mol. The van der Waals surface area contributed by atoms with Crippen molar-refractivity contribution in [2.45, 2.75) is 6.42 Å². The van der Waals surface area contributed by atoms with E-state index in [-0.39, 0.29) is 71.5 Å². The summed E-state index contributed by atoms with van der Waals surface area (Å²) in [6, 6.07) is 0. The number of aliphatic carboxylic acids is 2. The van der Waals surface area contributed by atoms with Crippen LogP contribution in [0.4, 0.5) is 0 Å². The smallest absolute Gasteiger partial charge is 0.550 e. The van der Waals surface area contributed by atoms with Crippen LogP contribution in [0.25, 0.3) is 0 Å². The molecule has 4 nitrogen and oxygen atoms in total. The molecule has 7 heteroatoms. The van der Waals surface area contributed by atoms with Gasteiger partial charge in [-0.05, 0) is 0 Å². The van der Waals surface area contributed by atoms with Crippen LogP contribution in [0.1, 0.15) is 6.42 Å². The quantitative estimate of drug-likeness (QED) is 0.315. The topological polar surface area (TPSA) is 80.3 Å². The van der Waals surface area contributed by atoms with Gasteiger partial charge in [-0.1, -0.05) is 0 Å². The van der Waals surface area contributed by atoms with Gasteiger partial charge in [0, 0.05) is 18.4 Å². The summed E-state index contributed by atoms with van der Waals surface area (Å²) < 4.78 is 0. The normalized spacial score (nSPS) is 5.60. The average Bonchev–Trinajstić information content (AvgIpc) is 1.27. The SMILES string of the molecule is Cl.O=C([O-])CC(=O)[O-].[Na+].[Na+]. The van der Waals surface area contributed by atoms with E-state index in [0.717, 1.165) is 0 Å². The Morgan fingerprint density at radius 1 is 1.00 bits per heavy atom. The first-order chi connectivity index (χ1) is 3.13. The molecule has 0 aliphatic rings. The molecule has 10 heavy (non-hydrogen) atoms. The van der Waals surface area contributed by atoms with Gasteiger partial charge in [0.15, 0.2) is 0 Å². The Hall–Kier alpha value is 1.23. The Balaban J connectivity index is -0.0000000600. The number of halogens is 1. The minimum absolute atomic E-state index is 0. The molecule has 48 valence electrons. The molecular formula is C3H3ClNa2O4. The van der Waals surface area contributed by atoms with Crippen LogP contribution in [0.15, 0.2) is 0 Å². The van der Waals surface area contributed by atoms with E-state index in [0.29, 0.717) is 0 Å². The zero-order chi connectivity index (χ0) is 5.86. The summed E-state index contributed by atoms with van der Waals surface area (Å²) >= 11 is 0. The third kappa shape index (κ3) is 22.9. The summed E-state index contributed by atoms with van der Waals surface area (Å²) in [6.45, 7) is 0. The van der Waals surface area contributed by atoms with Gasteiger partial charge >= 0.3 is 59.1 Å². The van der Waals surface area contributed by atoms with Crippen molar-refractivity contribution >= 4 is 24.3 Å². The molecule has 0 aliphatic heterocycles. The van der Waals surface area contributed by atoms with Crippen molar-refractivity contribution in [1.29, 1.82) is 0 Å². The van der Waals surface area contributed by atoms with E-state index in [1.165, 1.54) is 0 Å². The summed E-state index contributed by atoms with van der Waals surface area (Å²) in [6.07, 6.45) is -1.03. The average molecular weight is 184 g/mol. The second-order valence-electron chi connectivity index (χ2n) is 0.921. The van der Waals surface area contributed by atoms with Crippen LogP contribution in [-0.2, 0) is 9.59 Å². The fraction of sp³-hybridized carbons (Fsp3) is 0.333. The fourth-order valence-corrected chi connectivity index (χ4v) is 0.118. The molecule has 0 aliphatic carbocycles. The van der Waals surface area contributed by atoms with Crippen LogP contribution in [-0.4, -0.2) is 11.9 Å². The monoisotopic (exact) mass is 184 g/mol. The molecule has 0 saturated heterocycles. The molecule has 0 N–H and O–H groups in total. The third-order valence-corrected chi connectivity index (χ3v) is 0.289. The largest absolute Gasteiger partial charge is 1.00 e. The maximum absolute atomic E-state index is 9.28. The van der Waals surface area contributed by atoms with Gasteiger partial charge in [0.2, 0.25) is 0 Å². The number of hydrogen-bond donors (Lipinski definition) is 0. The summed E-state index contributed by atoms with van der Waals surface area (Å²) in [5.41, 5.74) is 0. The number of carboxylic acids is 2. The van der Waals surface area contributed by atoms with Crippen molar-refractivity contribution in [1.82, 2.24) is 0 Å². The number of carbonyl (C=O) groups is 2. The Kier molecular flexibility index (Phi) is 28.9. The summed E-state index contributed by atoms with van der Waals surface area (Å²) in [4.78, 5) is 18.6. The van der Waals surface area contributed by atoms with E-state index in [9.17, 15) is 19.8 Å². The van der Waals surface area contributed by atoms with E-state index < -0.39 is 18.4 Å². The Labute approximate surface area is 108 Å². The summed E-state index contributed by atoms with van der Waals surface area (Å²) in [5, 5.41) is 18.6. The van der Waals surface area contributed by atoms with Gasteiger partial charge < -0.3 is 19.8 Å². The van der Waals surface area contributed by atoms with Gasteiger partial charge in [-0.25, -0.2) is 0 Å². The Bertz CT molecular complexity index is 94.7. The van der Waals surface area contributed by atoms with E-state index in [4.69, 9.17) is 0 Å². The molecule has 0 unspecified atom stereocenters. The number of carboxylic acid groups (broad SMARTS) is 2. The maximum atomic E-state index is 9.28. The van der Waals surface area contributed by atoms with Crippen LogP contribution in [0.5, 0.6) is 0 Å². The van der Waals surface area contributed by atoms with Crippen molar-refractivity contribution in [2.24, 2.45) is 0 Å². The maximum Gasteiger partial charge on any atom is 1.00 e. The van der Waals surface area contributed by atoms with Crippen LogP contribution in [0, 0.1) is 0 Å². The van der Waals surface area contributed by atoms with Crippen molar-refractivity contribution < 1.29 is 78.9 Å². The Morgan fingerprint density at radius 3 is 1.20 bits per heavy atom. The summed E-state index contributed by atoms with van der Waals surface area (Å²) in [7, 11) is 0. The molecule has 0 rings (SSSR count). The van der Waals surface area contributed by atoms with E-state index in [1.54, 1.807) is 0 Å². The second-order valence-corrected chi connectivity index (χ2v) is 0.921. The van der Waals surface area contributed by atoms with Gasteiger partial charge in [-0.15, -0.1) is 12.4 Å². The molecule has 0 amide bonds. The van der Waals surface area contributed by atoms with E-state index in [2.05, 4.69) is 0 Å². The molecule has 0 bridgehead atoms. The third-order valence-electron chi connectivity index (χ3n) is 0.289. The number of rotatable bonds is 2. The van der Waals surface area contributed by atoms with Crippen molar-refractivity contribution in [3.05, 3.63) is 0 Å². The second kappa shape index (κ2) is 12.9. The van der Waals surface area contributed by atoms with Crippen LogP contribution in [0.3, 0.4) is 0 Å². The van der Waals surface area contributed by atoms with Crippen LogP contribution in [0.2, 0.25) is 0 Å². The molecule has 0 heterocycles. The van der Waals surface area contributed by atoms with Gasteiger partial charge in [0.25, 0.3) is 0 Å². The zero-order valence-electron chi connectivity index (χ0n) is 5.75. The van der Waals surface area contributed by atoms with Crippen LogP contribution >= 0.6 is 12.4 Å². The molecule has 0 aromatic rings. The predicted octanol–water partition coefficient (Wildman–Crippen LogP) is -8.69. The predicted molar refractivity (Wildman–Crippen MR) is 21.9 cm³/mol. The Morgan fingerprint density at radius 2 is 1.20 bits per heavy atom. The molecule has 0 fully saturated rings. The molecule has 0 radical (unpaired) electrons. The van der Waals surface area contributed by atoms with Crippen molar-refractivity contribution in [2.75, 3.05) is 0 Å². The van der Waals surface area contributed by atoms with Crippen molar-refractivity contribution in [3.63, 3.8) is 0 Å².